The van der Waals surface area contributed by atoms with Crippen LogP contribution >= 0.6 is 11.6 Å². The zero-order chi connectivity index (χ0) is 11.8. The minimum atomic E-state index is 0.484. The van der Waals surface area contributed by atoms with E-state index in [2.05, 4.69) is 21.0 Å². The Hall–Kier alpha value is -1.87. The summed E-state index contributed by atoms with van der Waals surface area (Å²) in [6.07, 6.45) is 3.54. The number of halogens is 1. The molecule has 0 aromatic carbocycles. The Morgan fingerprint density at radius 2 is 2.18 bits per heavy atom. The van der Waals surface area contributed by atoms with Crippen LogP contribution < -0.4 is 0 Å². The van der Waals surface area contributed by atoms with E-state index in [1.807, 2.05) is 25.1 Å². The number of hydrogen-bond acceptors (Lipinski definition) is 2. The fraction of sp³-hybridized carbons (Fsp3) is 0.0769. The molecular formula is C13H10ClN3. The van der Waals surface area contributed by atoms with E-state index in [0.29, 0.717) is 5.15 Å². The third kappa shape index (κ3) is 1.78. The van der Waals surface area contributed by atoms with Crippen molar-refractivity contribution < 1.29 is 0 Å². The van der Waals surface area contributed by atoms with Crippen LogP contribution in [-0.4, -0.2) is 15.0 Å². The Balaban J connectivity index is 2.35. The number of aryl methyl sites for hydroxylation is 1. The van der Waals surface area contributed by atoms with Gasteiger partial charge in [0.25, 0.3) is 0 Å². The third-order valence-electron chi connectivity index (χ3n) is 2.65. The molecule has 0 spiro atoms. The molecule has 4 heteroatoms. The van der Waals surface area contributed by atoms with Gasteiger partial charge >= 0.3 is 0 Å². The van der Waals surface area contributed by atoms with E-state index in [-0.39, 0.29) is 0 Å². The molecule has 0 saturated carbocycles. The molecule has 0 unspecified atom stereocenters. The van der Waals surface area contributed by atoms with Crippen LogP contribution in [0.1, 0.15) is 5.69 Å². The summed E-state index contributed by atoms with van der Waals surface area (Å²) in [6, 6.07) is 7.78. The molecule has 0 aliphatic rings. The predicted molar refractivity (Wildman–Crippen MR) is 69.1 cm³/mol. The van der Waals surface area contributed by atoms with Crippen molar-refractivity contribution in [2.75, 3.05) is 0 Å². The van der Waals surface area contributed by atoms with E-state index >= 15 is 0 Å². The zero-order valence-electron chi connectivity index (χ0n) is 9.24. The quantitative estimate of drug-likeness (QED) is 0.664. The molecular weight excluding hydrogens is 234 g/mol. The first-order valence-electron chi connectivity index (χ1n) is 5.30. The number of hydrogen-bond donors (Lipinski definition) is 1. The molecule has 0 aliphatic carbocycles. The minimum Gasteiger partial charge on any atom is -0.359 e. The van der Waals surface area contributed by atoms with Crippen LogP contribution in [0.5, 0.6) is 0 Å². The lowest BCUT2D eigenvalue weighted by molar-refractivity contribution is 1.28. The molecule has 3 nitrogen and oxygen atoms in total. The second-order valence-corrected chi connectivity index (χ2v) is 4.34. The van der Waals surface area contributed by atoms with Crippen LogP contribution in [0, 0.1) is 6.92 Å². The van der Waals surface area contributed by atoms with Gasteiger partial charge in [0.1, 0.15) is 5.15 Å². The van der Waals surface area contributed by atoms with Gasteiger partial charge in [0.05, 0.1) is 11.2 Å². The highest BCUT2D eigenvalue weighted by atomic mass is 35.5. The molecule has 0 fully saturated rings. The standard InChI is InChI=1S/C13H10ClN3/c1-8-5-10-11(16-8)6-12(14)17-13(10)9-3-2-4-15-7-9/h2-7,16H,1H3. The van der Waals surface area contributed by atoms with Crippen LogP contribution in [0.25, 0.3) is 22.2 Å². The van der Waals surface area contributed by atoms with Gasteiger partial charge in [-0.3, -0.25) is 4.98 Å². The van der Waals surface area contributed by atoms with Gasteiger partial charge < -0.3 is 4.98 Å². The van der Waals surface area contributed by atoms with Gasteiger partial charge in [0.15, 0.2) is 0 Å². The highest BCUT2D eigenvalue weighted by Crippen LogP contribution is 2.28. The first kappa shape index (κ1) is 10.3. The Bertz CT molecular complexity index is 674. The van der Waals surface area contributed by atoms with Gasteiger partial charge in [0, 0.05) is 29.0 Å². The smallest absolute Gasteiger partial charge is 0.131 e. The fourth-order valence-corrected chi connectivity index (χ4v) is 2.15. The van der Waals surface area contributed by atoms with Crippen molar-refractivity contribution in [3.05, 3.63) is 47.5 Å². The predicted octanol–water partition coefficient (Wildman–Crippen LogP) is 3.59. The van der Waals surface area contributed by atoms with E-state index in [9.17, 15) is 0 Å². The second-order valence-electron chi connectivity index (χ2n) is 3.95. The number of rotatable bonds is 1. The number of H-pyrrole nitrogens is 1. The largest absolute Gasteiger partial charge is 0.359 e. The van der Waals surface area contributed by atoms with Gasteiger partial charge in [-0.15, -0.1) is 0 Å². The monoisotopic (exact) mass is 243 g/mol. The maximum absolute atomic E-state index is 6.03. The van der Waals surface area contributed by atoms with Gasteiger partial charge in [0.2, 0.25) is 0 Å². The van der Waals surface area contributed by atoms with Crippen molar-refractivity contribution in [2.24, 2.45) is 0 Å². The summed E-state index contributed by atoms with van der Waals surface area (Å²) in [4.78, 5) is 11.8. The van der Waals surface area contributed by atoms with E-state index in [1.165, 1.54) is 0 Å². The minimum absolute atomic E-state index is 0.484. The number of pyridine rings is 2. The third-order valence-corrected chi connectivity index (χ3v) is 2.85. The number of fused-ring (bicyclic) bond motifs is 1. The molecule has 1 N–H and O–H groups in total. The van der Waals surface area contributed by atoms with Gasteiger partial charge in [-0.2, -0.15) is 0 Å². The number of aromatic amines is 1. The molecule has 17 heavy (non-hydrogen) atoms. The van der Waals surface area contributed by atoms with Crippen LogP contribution in [0.4, 0.5) is 0 Å². The summed E-state index contributed by atoms with van der Waals surface area (Å²) in [5.41, 5.74) is 3.93. The molecule has 3 aromatic rings. The SMILES string of the molecule is Cc1cc2c(-c3cccnc3)nc(Cl)cc2[nH]1. The van der Waals surface area contributed by atoms with Crippen molar-refractivity contribution in [2.45, 2.75) is 6.92 Å². The first-order chi connectivity index (χ1) is 8.24. The fourth-order valence-electron chi connectivity index (χ4n) is 1.96. The van der Waals surface area contributed by atoms with E-state index < -0.39 is 0 Å². The average Bonchev–Trinajstić information content (AvgIpc) is 2.69. The molecule has 3 heterocycles. The molecule has 3 rings (SSSR count). The lowest BCUT2D eigenvalue weighted by Crippen LogP contribution is -1.86. The summed E-state index contributed by atoms with van der Waals surface area (Å²) in [5, 5.41) is 1.55. The van der Waals surface area contributed by atoms with Gasteiger partial charge in [-0.05, 0) is 31.2 Å². The van der Waals surface area contributed by atoms with Crippen LogP contribution in [0.15, 0.2) is 36.7 Å². The normalized spacial score (nSPS) is 10.9. The van der Waals surface area contributed by atoms with Crippen molar-refractivity contribution >= 4 is 22.5 Å². The van der Waals surface area contributed by atoms with E-state index in [0.717, 1.165) is 27.9 Å². The van der Waals surface area contributed by atoms with Crippen LogP contribution in [0.3, 0.4) is 0 Å². The Morgan fingerprint density at radius 3 is 2.94 bits per heavy atom. The number of nitrogens with one attached hydrogen (secondary N) is 1. The molecule has 0 bridgehead atoms. The van der Waals surface area contributed by atoms with Gasteiger partial charge in [-0.1, -0.05) is 11.6 Å². The van der Waals surface area contributed by atoms with Crippen molar-refractivity contribution in [3.63, 3.8) is 0 Å². The first-order valence-corrected chi connectivity index (χ1v) is 5.68. The lowest BCUT2D eigenvalue weighted by Gasteiger charge is -2.02. The van der Waals surface area contributed by atoms with Crippen LogP contribution in [0.2, 0.25) is 5.15 Å². The molecule has 0 saturated heterocycles. The van der Waals surface area contributed by atoms with E-state index in [4.69, 9.17) is 11.6 Å². The molecule has 0 aliphatic heterocycles. The Kier molecular flexibility index (Phi) is 2.34. The highest BCUT2D eigenvalue weighted by Gasteiger charge is 2.09. The molecule has 84 valence electrons. The second kappa shape index (κ2) is 3.86. The highest BCUT2D eigenvalue weighted by molar-refractivity contribution is 6.30. The maximum atomic E-state index is 6.03. The van der Waals surface area contributed by atoms with Crippen molar-refractivity contribution in [1.29, 1.82) is 0 Å². The summed E-state index contributed by atoms with van der Waals surface area (Å²) in [5.74, 6) is 0. The van der Waals surface area contributed by atoms with Crippen molar-refractivity contribution in [1.82, 2.24) is 15.0 Å². The summed E-state index contributed by atoms with van der Waals surface area (Å²) in [6.45, 7) is 2.01. The molecule has 0 atom stereocenters. The van der Waals surface area contributed by atoms with Crippen molar-refractivity contribution in [3.8, 4) is 11.3 Å². The topological polar surface area (TPSA) is 41.6 Å². The zero-order valence-corrected chi connectivity index (χ0v) is 9.99. The molecule has 0 amide bonds. The summed E-state index contributed by atoms with van der Waals surface area (Å²) in [7, 11) is 0. The Morgan fingerprint density at radius 1 is 1.29 bits per heavy atom. The average molecular weight is 244 g/mol. The lowest BCUT2D eigenvalue weighted by atomic mass is 10.1. The summed E-state index contributed by atoms with van der Waals surface area (Å²) >= 11 is 6.03. The molecule has 0 radical (unpaired) electrons. The van der Waals surface area contributed by atoms with Crippen LogP contribution in [-0.2, 0) is 0 Å². The van der Waals surface area contributed by atoms with E-state index in [1.54, 1.807) is 12.4 Å². The number of aromatic nitrogens is 3. The Labute approximate surface area is 103 Å². The molecule has 3 aromatic heterocycles. The summed E-state index contributed by atoms with van der Waals surface area (Å²) < 4.78 is 0. The maximum Gasteiger partial charge on any atom is 0.131 e. The van der Waals surface area contributed by atoms with Gasteiger partial charge in [-0.25, -0.2) is 4.98 Å². The number of nitrogens with zero attached hydrogens (tertiary/aromatic N) is 2.